The molecule has 2 aromatic heterocycles. The number of piperidine rings is 1. The second-order valence-corrected chi connectivity index (χ2v) is 6.91. The number of nitrogens with two attached hydrogens (primary N) is 1. The third-order valence-electron chi connectivity index (χ3n) is 5.15. The van der Waals surface area contributed by atoms with E-state index in [1.54, 1.807) is 6.07 Å². The molecule has 2 N–H and O–H groups in total. The van der Waals surface area contributed by atoms with Gasteiger partial charge in [0.15, 0.2) is 5.65 Å². The Bertz CT molecular complexity index is 974. The van der Waals surface area contributed by atoms with Gasteiger partial charge in [-0.25, -0.2) is 9.50 Å². The monoisotopic (exact) mass is 363 g/mol. The Labute approximate surface area is 156 Å². The molecule has 1 fully saturated rings. The zero-order valence-electron chi connectivity index (χ0n) is 14.9. The molecule has 7 heteroatoms. The van der Waals surface area contributed by atoms with E-state index in [1.165, 1.54) is 22.5 Å². The van der Waals surface area contributed by atoms with Gasteiger partial charge < -0.3 is 10.6 Å². The van der Waals surface area contributed by atoms with Gasteiger partial charge in [0.25, 0.3) is 11.8 Å². The maximum atomic E-state index is 13.0. The lowest BCUT2D eigenvalue weighted by Crippen LogP contribution is -2.39. The molecule has 0 radical (unpaired) electrons. The second-order valence-electron chi connectivity index (χ2n) is 6.91. The van der Waals surface area contributed by atoms with Crippen LogP contribution in [0.5, 0.6) is 0 Å². The molecule has 4 rings (SSSR count). The van der Waals surface area contributed by atoms with Crippen LogP contribution in [-0.4, -0.2) is 44.4 Å². The van der Waals surface area contributed by atoms with E-state index in [4.69, 9.17) is 5.73 Å². The second kappa shape index (κ2) is 7.19. The minimum atomic E-state index is -0.608. The van der Waals surface area contributed by atoms with E-state index in [2.05, 4.69) is 34.3 Å². The molecule has 0 spiro atoms. The quantitative estimate of drug-likeness (QED) is 0.766. The van der Waals surface area contributed by atoms with Crippen LogP contribution < -0.4 is 5.73 Å². The fourth-order valence-corrected chi connectivity index (χ4v) is 3.68. The molecule has 1 aliphatic heterocycles. The first-order valence-corrected chi connectivity index (χ1v) is 9.09. The molecule has 0 atom stereocenters. The first-order valence-electron chi connectivity index (χ1n) is 9.09. The predicted octanol–water partition coefficient (Wildman–Crippen LogP) is 1.92. The summed E-state index contributed by atoms with van der Waals surface area (Å²) in [5, 5.41) is 4.13. The maximum absolute atomic E-state index is 13.0. The van der Waals surface area contributed by atoms with Gasteiger partial charge in [0.2, 0.25) is 0 Å². The summed E-state index contributed by atoms with van der Waals surface area (Å²) in [5.74, 6) is -0.122. The first-order chi connectivity index (χ1) is 13.1. The number of carbonyl (C=O) groups is 2. The van der Waals surface area contributed by atoms with Gasteiger partial charge in [-0.2, -0.15) is 5.10 Å². The molecular formula is C20H21N5O2. The number of benzene rings is 1. The number of carbonyl (C=O) groups excluding carboxylic acids is 2. The SMILES string of the molecule is NC(=O)c1cnn2c(C(=O)N3CCC(Cc4ccccc4)CC3)ccnc12. The van der Waals surface area contributed by atoms with Gasteiger partial charge in [-0.05, 0) is 36.8 Å². The molecule has 3 aromatic rings. The largest absolute Gasteiger partial charge is 0.365 e. The van der Waals surface area contributed by atoms with Crippen LogP contribution in [-0.2, 0) is 6.42 Å². The maximum Gasteiger partial charge on any atom is 0.272 e. The van der Waals surface area contributed by atoms with Gasteiger partial charge in [-0.15, -0.1) is 0 Å². The Morgan fingerprint density at radius 1 is 1.11 bits per heavy atom. The number of hydrogen-bond acceptors (Lipinski definition) is 4. The molecule has 138 valence electrons. The minimum absolute atomic E-state index is 0.0975. The molecule has 1 saturated heterocycles. The summed E-state index contributed by atoms with van der Waals surface area (Å²) in [6.07, 6.45) is 5.86. The highest BCUT2D eigenvalue weighted by atomic mass is 16.2. The van der Waals surface area contributed by atoms with Crippen LogP contribution in [0.2, 0.25) is 0 Å². The number of fused-ring (bicyclic) bond motifs is 1. The van der Waals surface area contributed by atoms with Crippen molar-refractivity contribution in [2.24, 2.45) is 11.7 Å². The van der Waals surface area contributed by atoms with Crippen molar-refractivity contribution in [1.82, 2.24) is 19.5 Å². The van der Waals surface area contributed by atoms with E-state index >= 15 is 0 Å². The number of nitrogens with zero attached hydrogens (tertiary/aromatic N) is 4. The summed E-state index contributed by atoms with van der Waals surface area (Å²) in [6, 6.07) is 12.1. The third kappa shape index (κ3) is 3.40. The fraction of sp³-hybridized carbons (Fsp3) is 0.300. The average molecular weight is 363 g/mol. The summed E-state index contributed by atoms with van der Waals surface area (Å²) < 4.78 is 1.40. The summed E-state index contributed by atoms with van der Waals surface area (Å²) in [6.45, 7) is 1.42. The Balaban J connectivity index is 1.47. The van der Waals surface area contributed by atoms with Gasteiger partial charge in [0.1, 0.15) is 11.3 Å². The molecule has 0 saturated carbocycles. The molecule has 3 heterocycles. The average Bonchev–Trinajstić information content (AvgIpc) is 3.13. The molecule has 7 nitrogen and oxygen atoms in total. The Morgan fingerprint density at radius 3 is 2.56 bits per heavy atom. The highest BCUT2D eigenvalue weighted by Crippen LogP contribution is 2.23. The van der Waals surface area contributed by atoms with Crippen LogP contribution in [0.1, 0.15) is 39.3 Å². The Kier molecular flexibility index (Phi) is 4.58. The lowest BCUT2D eigenvalue weighted by atomic mass is 9.90. The van der Waals surface area contributed by atoms with Crippen LogP contribution in [0.4, 0.5) is 0 Å². The van der Waals surface area contributed by atoms with Crippen LogP contribution in [0.3, 0.4) is 0 Å². The molecule has 1 aliphatic rings. The van der Waals surface area contributed by atoms with Gasteiger partial charge in [0.05, 0.1) is 6.20 Å². The van der Waals surface area contributed by atoms with E-state index in [9.17, 15) is 9.59 Å². The third-order valence-corrected chi connectivity index (χ3v) is 5.15. The molecule has 1 aromatic carbocycles. The van der Waals surface area contributed by atoms with Gasteiger partial charge in [-0.3, -0.25) is 9.59 Å². The van der Waals surface area contributed by atoms with Crippen LogP contribution in [0, 0.1) is 5.92 Å². The molecule has 0 bridgehead atoms. The minimum Gasteiger partial charge on any atom is -0.365 e. The van der Waals surface area contributed by atoms with Crippen molar-refractivity contribution in [2.45, 2.75) is 19.3 Å². The zero-order chi connectivity index (χ0) is 18.8. The Morgan fingerprint density at radius 2 is 1.85 bits per heavy atom. The van der Waals surface area contributed by atoms with Crippen LogP contribution >= 0.6 is 0 Å². The summed E-state index contributed by atoms with van der Waals surface area (Å²) in [4.78, 5) is 30.4. The number of aromatic nitrogens is 3. The molecule has 2 amide bonds. The van der Waals surface area contributed by atoms with Gasteiger partial charge in [-0.1, -0.05) is 30.3 Å². The zero-order valence-corrected chi connectivity index (χ0v) is 14.9. The van der Waals surface area contributed by atoms with Crippen molar-refractivity contribution in [2.75, 3.05) is 13.1 Å². The van der Waals surface area contributed by atoms with Crippen molar-refractivity contribution in [3.63, 3.8) is 0 Å². The molecule has 27 heavy (non-hydrogen) atoms. The number of hydrogen-bond donors (Lipinski definition) is 1. The molecule has 0 aliphatic carbocycles. The number of amides is 2. The summed E-state index contributed by atoms with van der Waals surface area (Å²) in [7, 11) is 0. The fourth-order valence-electron chi connectivity index (χ4n) is 3.68. The smallest absolute Gasteiger partial charge is 0.272 e. The Hall–Kier alpha value is -3.22. The lowest BCUT2D eigenvalue weighted by molar-refractivity contribution is 0.0681. The van der Waals surface area contributed by atoms with Crippen molar-refractivity contribution < 1.29 is 9.59 Å². The highest BCUT2D eigenvalue weighted by molar-refractivity contribution is 5.99. The van der Waals surface area contributed by atoms with E-state index in [0.29, 0.717) is 30.3 Å². The normalized spacial score (nSPS) is 15.2. The van der Waals surface area contributed by atoms with Crippen molar-refractivity contribution >= 4 is 17.5 Å². The molecule has 0 unspecified atom stereocenters. The number of rotatable bonds is 4. The van der Waals surface area contributed by atoms with E-state index in [0.717, 1.165) is 19.3 Å². The van der Waals surface area contributed by atoms with E-state index < -0.39 is 5.91 Å². The number of primary amides is 1. The van der Waals surface area contributed by atoms with E-state index in [-0.39, 0.29) is 11.5 Å². The van der Waals surface area contributed by atoms with Crippen molar-refractivity contribution in [3.8, 4) is 0 Å². The first kappa shape index (κ1) is 17.2. The lowest BCUT2D eigenvalue weighted by Gasteiger charge is -2.32. The topological polar surface area (TPSA) is 93.6 Å². The predicted molar refractivity (Wildman–Crippen MR) is 100 cm³/mol. The van der Waals surface area contributed by atoms with Crippen molar-refractivity contribution in [1.29, 1.82) is 0 Å². The van der Waals surface area contributed by atoms with E-state index in [1.807, 2.05) is 11.0 Å². The van der Waals surface area contributed by atoms with Crippen LogP contribution in [0.15, 0.2) is 48.8 Å². The summed E-state index contributed by atoms with van der Waals surface area (Å²) in [5.41, 5.74) is 7.61. The highest BCUT2D eigenvalue weighted by Gasteiger charge is 2.26. The molecular weight excluding hydrogens is 342 g/mol. The van der Waals surface area contributed by atoms with Gasteiger partial charge in [0, 0.05) is 19.3 Å². The van der Waals surface area contributed by atoms with Crippen LogP contribution in [0.25, 0.3) is 5.65 Å². The van der Waals surface area contributed by atoms with Crippen molar-refractivity contribution in [3.05, 3.63) is 65.6 Å². The number of likely N-dealkylation sites (tertiary alicyclic amines) is 1. The standard InChI is InChI=1S/C20H21N5O2/c21-18(26)16-13-23-25-17(6-9-22-19(16)25)20(27)24-10-7-15(8-11-24)12-14-4-2-1-3-5-14/h1-6,9,13,15H,7-8,10-12H2,(H2,21,26). The van der Waals surface area contributed by atoms with Gasteiger partial charge >= 0.3 is 0 Å². The summed E-state index contributed by atoms with van der Waals surface area (Å²) >= 11 is 0.